The first-order chi connectivity index (χ1) is 10.3. The Kier molecular flexibility index (Phi) is 4.55. The van der Waals surface area contributed by atoms with Crippen LogP contribution in [0.2, 0.25) is 5.02 Å². The minimum atomic E-state index is 0.539. The summed E-state index contributed by atoms with van der Waals surface area (Å²) in [5.41, 5.74) is 0.960. The van der Waals surface area contributed by atoms with E-state index in [0.29, 0.717) is 6.04 Å². The van der Waals surface area contributed by atoms with Gasteiger partial charge in [0, 0.05) is 22.8 Å². The Morgan fingerprint density at radius 3 is 2.43 bits per heavy atom. The number of rotatable bonds is 4. The molecule has 1 saturated carbocycles. The Morgan fingerprint density at radius 2 is 1.67 bits per heavy atom. The van der Waals surface area contributed by atoms with Gasteiger partial charge >= 0.3 is 0 Å². The highest BCUT2D eigenvalue weighted by Gasteiger charge is 2.13. The molecule has 5 heteroatoms. The van der Waals surface area contributed by atoms with Crippen molar-refractivity contribution >= 4 is 28.9 Å². The van der Waals surface area contributed by atoms with Crippen LogP contribution in [0, 0.1) is 0 Å². The van der Waals surface area contributed by atoms with Crippen LogP contribution in [-0.2, 0) is 0 Å². The summed E-state index contributed by atoms with van der Waals surface area (Å²) in [5.74, 6) is 1.67. The van der Waals surface area contributed by atoms with Crippen molar-refractivity contribution in [3.63, 3.8) is 0 Å². The topological polar surface area (TPSA) is 49.8 Å². The van der Waals surface area contributed by atoms with E-state index < -0.39 is 0 Å². The predicted molar refractivity (Wildman–Crippen MR) is 87.3 cm³/mol. The third-order valence-corrected chi connectivity index (χ3v) is 3.99. The monoisotopic (exact) mass is 302 g/mol. The molecule has 1 aromatic carbocycles. The van der Waals surface area contributed by atoms with Crippen LogP contribution in [0.5, 0.6) is 0 Å². The second kappa shape index (κ2) is 6.76. The van der Waals surface area contributed by atoms with E-state index in [4.69, 9.17) is 11.6 Å². The number of hydrogen-bond acceptors (Lipinski definition) is 4. The second-order valence-corrected chi connectivity index (χ2v) is 5.84. The van der Waals surface area contributed by atoms with Gasteiger partial charge in [0.25, 0.3) is 0 Å². The van der Waals surface area contributed by atoms with Crippen LogP contribution in [0.1, 0.15) is 32.1 Å². The molecular formula is C16H19ClN4. The Bertz CT molecular complexity index is 579. The molecule has 0 bridgehead atoms. The Hall–Kier alpha value is -1.81. The Balaban J connectivity index is 1.66. The average Bonchev–Trinajstić information content (AvgIpc) is 2.51. The molecule has 2 aromatic rings. The van der Waals surface area contributed by atoms with Crippen LogP contribution < -0.4 is 10.6 Å². The van der Waals surface area contributed by atoms with Gasteiger partial charge in [0.1, 0.15) is 18.0 Å². The normalized spacial score (nSPS) is 15.7. The number of nitrogens with one attached hydrogen (secondary N) is 2. The molecule has 2 N–H and O–H groups in total. The third-order valence-electron chi connectivity index (χ3n) is 3.74. The lowest BCUT2D eigenvalue weighted by Crippen LogP contribution is -2.22. The standard InChI is InChI=1S/C16H19ClN4/c17-12-6-8-14(9-7-12)21-16-10-15(18-11-19-16)20-13-4-2-1-3-5-13/h6-11,13H,1-5H2,(H2,18,19,20,21). The number of hydrogen-bond donors (Lipinski definition) is 2. The van der Waals surface area contributed by atoms with Crippen molar-refractivity contribution in [1.29, 1.82) is 0 Å². The maximum Gasteiger partial charge on any atom is 0.135 e. The molecule has 0 amide bonds. The van der Waals surface area contributed by atoms with Crippen LogP contribution >= 0.6 is 11.6 Å². The van der Waals surface area contributed by atoms with Gasteiger partial charge in [-0.25, -0.2) is 9.97 Å². The molecule has 1 fully saturated rings. The van der Waals surface area contributed by atoms with E-state index in [1.807, 2.05) is 30.3 Å². The Morgan fingerprint density at radius 1 is 0.952 bits per heavy atom. The van der Waals surface area contributed by atoms with Crippen molar-refractivity contribution in [1.82, 2.24) is 9.97 Å². The summed E-state index contributed by atoms with van der Waals surface area (Å²) in [6, 6.07) is 10.1. The number of aromatic nitrogens is 2. The lowest BCUT2D eigenvalue weighted by atomic mass is 9.95. The van der Waals surface area contributed by atoms with Gasteiger partial charge in [-0.2, -0.15) is 0 Å². The summed E-state index contributed by atoms with van der Waals surface area (Å²) in [6.45, 7) is 0. The highest BCUT2D eigenvalue weighted by Crippen LogP contribution is 2.22. The van der Waals surface area contributed by atoms with Gasteiger partial charge in [-0.15, -0.1) is 0 Å². The molecule has 3 rings (SSSR count). The van der Waals surface area contributed by atoms with Gasteiger partial charge in [0.2, 0.25) is 0 Å². The summed E-state index contributed by atoms with van der Waals surface area (Å²) in [7, 11) is 0. The summed E-state index contributed by atoms with van der Waals surface area (Å²) < 4.78 is 0. The zero-order chi connectivity index (χ0) is 14.5. The highest BCUT2D eigenvalue weighted by molar-refractivity contribution is 6.30. The first-order valence-electron chi connectivity index (χ1n) is 7.41. The lowest BCUT2D eigenvalue weighted by Gasteiger charge is -2.23. The van der Waals surface area contributed by atoms with Crippen LogP contribution in [0.25, 0.3) is 0 Å². The van der Waals surface area contributed by atoms with Crippen molar-refractivity contribution in [3.8, 4) is 0 Å². The average molecular weight is 303 g/mol. The zero-order valence-corrected chi connectivity index (χ0v) is 12.6. The molecule has 0 atom stereocenters. The summed E-state index contributed by atoms with van der Waals surface area (Å²) in [6.07, 6.45) is 8.00. The molecule has 21 heavy (non-hydrogen) atoms. The van der Waals surface area contributed by atoms with Gasteiger partial charge in [-0.05, 0) is 37.1 Å². The first kappa shape index (κ1) is 14.1. The van der Waals surface area contributed by atoms with E-state index >= 15 is 0 Å². The predicted octanol–water partition coefficient (Wildman–Crippen LogP) is 4.62. The molecule has 1 aromatic heterocycles. The van der Waals surface area contributed by atoms with E-state index in [1.165, 1.54) is 32.1 Å². The summed E-state index contributed by atoms with van der Waals surface area (Å²) in [4.78, 5) is 8.56. The number of benzene rings is 1. The van der Waals surface area contributed by atoms with E-state index in [9.17, 15) is 0 Å². The quantitative estimate of drug-likeness (QED) is 0.865. The van der Waals surface area contributed by atoms with E-state index in [1.54, 1.807) is 6.33 Å². The van der Waals surface area contributed by atoms with Crippen LogP contribution in [0.4, 0.5) is 17.3 Å². The fraction of sp³-hybridized carbons (Fsp3) is 0.375. The van der Waals surface area contributed by atoms with Crippen molar-refractivity contribution < 1.29 is 0 Å². The molecule has 1 heterocycles. The Labute approximate surface area is 130 Å². The third kappa shape index (κ3) is 4.08. The van der Waals surface area contributed by atoms with E-state index in [2.05, 4.69) is 20.6 Å². The van der Waals surface area contributed by atoms with Crippen LogP contribution in [-0.4, -0.2) is 16.0 Å². The number of halogens is 1. The molecule has 0 saturated heterocycles. The molecule has 0 spiro atoms. The molecule has 0 unspecified atom stereocenters. The van der Waals surface area contributed by atoms with Crippen molar-refractivity contribution in [2.75, 3.05) is 10.6 Å². The van der Waals surface area contributed by atoms with Crippen molar-refractivity contribution in [3.05, 3.63) is 41.7 Å². The van der Waals surface area contributed by atoms with Crippen molar-refractivity contribution in [2.45, 2.75) is 38.1 Å². The molecule has 0 radical (unpaired) electrons. The van der Waals surface area contributed by atoms with Gasteiger partial charge in [-0.1, -0.05) is 30.9 Å². The summed E-state index contributed by atoms with van der Waals surface area (Å²) >= 11 is 5.88. The second-order valence-electron chi connectivity index (χ2n) is 5.40. The van der Waals surface area contributed by atoms with Gasteiger partial charge in [0.05, 0.1) is 0 Å². The minimum absolute atomic E-state index is 0.539. The molecule has 1 aliphatic carbocycles. The maximum atomic E-state index is 5.88. The zero-order valence-electron chi connectivity index (χ0n) is 11.8. The fourth-order valence-electron chi connectivity index (χ4n) is 2.64. The lowest BCUT2D eigenvalue weighted by molar-refractivity contribution is 0.462. The number of anilines is 3. The number of nitrogens with zero attached hydrogens (tertiary/aromatic N) is 2. The fourth-order valence-corrected chi connectivity index (χ4v) is 2.77. The van der Waals surface area contributed by atoms with Gasteiger partial charge in [-0.3, -0.25) is 0 Å². The SMILES string of the molecule is Clc1ccc(Nc2cc(NC3CCCCC3)ncn2)cc1. The molecule has 0 aliphatic heterocycles. The van der Waals surface area contributed by atoms with E-state index in [-0.39, 0.29) is 0 Å². The molecule has 110 valence electrons. The minimum Gasteiger partial charge on any atom is -0.367 e. The van der Waals surface area contributed by atoms with Gasteiger partial charge < -0.3 is 10.6 Å². The van der Waals surface area contributed by atoms with Crippen LogP contribution in [0.3, 0.4) is 0 Å². The molecule has 1 aliphatic rings. The first-order valence-corrected chi connectivity index (χ1v) is 7.78. The van der Waals surface area contributed by atoms with Crippen LogP contribution in [0.15, 0.2) is 36.7 Å². The maximum absolute atomic E-state index is 5.88. The van der Waals surface area contributed by atoms with E-state index in [0.717, 1.165) is 22.3 Å². The molecular weight excluding hydrogens is 284 g/mol. The highest BCUT2D eigenvalue weighted by atomic mass is 35.5. The largest absolute Gasteiger partial charge is 0.367 e. The molecule has 4 nitrogen and oxygen atoms in total. The van der Waals surface area contributed by atoms with Crippen molar-refractivity contribution in [2.24, 2.45) is 0 Å². The summed E-state index contributed by atoms with van der Waals surface area (Å²) in [5, 5.41) is 7.49. The van der Waals surface area contributed by atoms with Gasteiger partial charge in [0.15, 0.2) is 0 Å². The smallest absolute Gasteiger partial charge is 0.135 e.